The van der Waals surface area contributed by atoms with Gasteiger partial charge in [0.25, 0.3) is 0 Å². The van der Waals surface area contributed by atoms with Crippen LogP contribution in [0, 0.1) is 0 Å². The van der Waals surface area contributed by atoms with Crippen LogP contribution in [0.25, 0.3) is 0 Å². The standard InChI is InChI=1S/C47H77O14P/c1-3-5-7-8-9-10-11-12-13-14-17-20-23-26-30-34-40(49)58-36-39(37-59-62(56,57)61-47-45(54)43(52)42(51)44(53)46(47)55)60-41(50)35-31-27-24-21-18-15-16-19-22-25-29-33-38(48)32-28-6-4-2/h5,7,9-10,12-13,15-16,21-22,24-25,29,33,38-39,42-48,51-55H,3-4,6,8,11,14,17-20,23,26-28,30-32,34-37H2,1-2H3,(H,56,57)/b7-5-,10-9-,13-12-,16-15-,24-21-,25-22-,33-29+/t38-,39+,42?,43-,44+,45+,46+,47?/m0/s1. The summed E-state index contributed by atoms with van der Waals surface area (Å²) >= 11 is 0. The fourth-order valence-corrected chi connectivity index (χ4v) is 7.14. The van der Waals surface area contributed by atoms with Crippen molar-refractivity contribution in [3.8, 4) is 0 Å². The average molecular weight is 897 g/mol. The molecule has 15 heteroatoms. The molecule has 0 saturated heterocycles. The fraction of sp³-hybridized carbons (Fsp3) is 0.660. The number of phosphoric ester groups is 1. The predicted molar refractivity (Wildman–Crippen MR) is 241 cm³/mol. The molecule has 0 aromatic rings. The summed E-state index contributed by atoms with van der Waals surface area (Å²) in [5, 5.41) is 60.0. The van der Waals surface area contributed by atoms with Crippen molar-refractivity contribution in [2.75, 3.05) is 13.2 Å². The lowest BCUT2D eigenvalue weighted by molar-refractivity contribution is -0.220. The van der Waals surface area contributed by atoms with Crippen molar-refractivity contribution in [1.82, 2.24) is 0 Å². The number of aliphatic hydroxyl groups is 6. The summed E-state index contributed by atoms with van der Waals surface area (Å²) in [6.07, 6.45) is 29.6. The van der Waals surface area contributed by atoms with Gasteiger partial charge in [-0.1, -0.05) is 137 Å². The van der Waals surface area contributed by atoms with E-state index in [9.17, 15) is 49.7 Å². The monoisotopic (exact) mass is 897 g/mol. The maximum absolute atomic E-state index is 12.8. The van der Waals surface area contributed by atoms with Gasteiger partial charge in [-0.2, -0.15) is 0 Å². The third-order valence-corrected chi connectivity index (χ3v) is 10.8. The maximum atomic E-state index is 12.8. The Labute approximate surface area is 370 Å². The Morgan fingerprint density at radius 3 is 1.76 bits per heavy atom. The molecule has 62 heavy (non-hydrogen) atoms. The second kappa shape index (κ2) is 36.3. The smallest absolute Gasteiger partial charge is 0.462 e. The van der Waals surface area contributed by atoms with E-state index in [-0.39, 0.29) is 12.8 Å². The lowest BCUT2D eigenvalue weighted by atomic mass is 9.85. The zero-order valence-electron chi connectivity index (χ0n) is 37.0. The third-order valence-electron chi connectivity index (χ3n) is 9.82. The van der Waals surface area contributed by atoms with Gasteiger partial charge in [-0.3, -0.25) is 18.6 Å². The van der Waals surface area contributed by atoms with Crippen LogP contribution < -0.4 is 0 Å². The SMILES string of the molecule is CC/C=C\C/C=C\C/C=C\CCCCCCCC(=O)OC[C@H](COP(=O)(O)OC1[C@H](O)[C@H](O)C(O)[C@H](O)[C@H]1O)OC(=O)CCC/C=C\C/C=C\C/C=C\C=C\[C@@H](O)CCCCC. The van der Waals surface area contributed by atoms with Crippen molar-refractivity contribution in [3.05, 3.63) is 85.1 Å². The molecule has 0 amide bonds. The first-order valence-electron chi connectivity index (χ1n) is 22.5. The number of hydrogen-bond donors (Lipinski definition) is 7. The molecule has 7 N–H and O–H groups in total. The molecule has 1 fully saturated rings. The number of phosphoric acid groups is 1. The van der Waals surface area contributed by atoms with Gasteiger partial charge in [0.05, 0.1) is 12.7 Å². The van der Waals surface area contributed by atoms with Gasteiger partial charge in [0, 0.05) is 12.8 Å². The van der Waals surface area contributed by atoms with Crippen molar-refractivity contribution < 1.29 is 68.2 Å². The van der Waals surface area contributed by atoms with E-state index in [1.807, 2.05) is 42.5 Å². The number of esters is 2. The number of carbonyl (C=O) groups excluding carboxylic acids is 2. The van der Waals surface area contributed by atoms with Crippen LogP contribution in [0.15, 0.2) is 85.1 Å². The van der Waals surface area contributed by atoms with Gasteiger partial charge in [-0.15, -0.1) is 0 Å². The first-order valence-corrected chi connectivity index (χ1v) is 24.0. The van der Waals surface area contributed by atoms with Gasteiger partial charge in [-0.05, 0) is 70.6 Å². The lowest BCUT2D eigenvalue weighted by Crippen LogP contribution is -2.64. The highest BCUT2D eigenvalue weighted by molar-refractivity contribution is 7.47. The molecule has 1 rings (SSSR count). The van der Waals surface area contributed by atoms with Crippen LogP contribution in [0.5, 0.6) is 0 Å². The van der Waals surface area contributed by atoms with Gasteiger partial charge in [0.2, 0.25) is 0 Å². The Kier molecular flexibility index (Phi) is 33.4. The van der Waals surface area contributed by atoms with Crippen molar-refractivity contribution in [2.24, 2.45) is 0 Å². The van der Waals surface area contributed by atoms with Crippen LogP contribution in [0.2, 0.25) is 0 Å². The summed E-state index contributed by atoms with van der Waals surface area (Å²) in [4.78, 5) is 35.6. The molecule has 1 saturated carbocycles. The van der Waals surface area contributed by atoms with Crippen molar-refractivity contribution in [2.45, 2.75) is 185 Å². The number of carbonyl (C=O) groups is 2. The highest BCUT2D eigenvalue weighted by Gasteiger charge is 2.51. The number of unbranched alkanes of at least 4 members (excludes halogenated alkanes) is 8. The summed E-state index contributed by atoms with van der Waals surface area (Å²) in [6.45, 7) is 2.98. The first kappa shape index (κ1) is 57.0. The van der Waals surface area contributed by atoms with E-state index in [0.717, 1.165) is 83.5 Å². The molecule has 0 aromatic carbocycles. The van der Waals surface area contributed by atoms with Gasteiger partial charge >= 0.3 is 19.8 Å². The minimum absolute atomic E-state index is 0.00807. The van der Waals surface area contributed by atoms with E-state index < -0.39 is 81.8 Å². The first-order chi connectivity index (χ1) is 29.8. The topological polar surface area (TPSA) is 230 Å². The van der Waals surface area contributed by atoms with E-state index in [0.29, 0.717) is 25.7 Å². The number of rotatable bonds is 35. The molecule has 0 heterocycles. The molecule has 3 unspecified atom stereocenters. The Morgan fingerprint density at radius 1 is 0.597 bits per heavy atom. The van der Waals surface area contributed by atoms with Crippen LogP contribution in [0.4, 0.5) is 0 Å². The fourth-order valence-electron chi connectivity index (χ4n) is 6.17. The lowest BCUT2D eigenvalue weighted by Gasteiger charge is -2.41. The Bertz CT molecular complexity index is 1420. The maximum Gasteiger partial charge on any atom is 0.472 e. The molecule has 0 radical (unpaired) electrons. The molecular formula is C47H77O14P. The number of allylic oxidation sites excluding steroid dienone is 13. The summed E-state index contributed by atoms with van der Waals surface area (Å²) < 4.78 is 33.4. The van der Waals surface area contributed by atoms with E-state index in [2.05, 4.69) is 50.3 Å². The van der Waals surface area contributed by atoms with E-state index in [1.54, 1.807) is 6.08 Å². The van der Waals surface area contributed by atoms with Crippen molar-refractivity contribution in [3.63, 3.8) is 0 Å². The highest BCUT2D eigenvalue weighted by Crippen LogP contribution is 2.47. The zero-order valence-corrected chi connectivity index (χ0v) is 37.9. The summed E-state index contributed by atoms with van der Waals surface area (Å²) in [5.41, 5.74) is 0. The van der Waals surface area contributed by atoms with Crippen LogP contribution in [-0.2, 0) is 32.7 Å². The van der Waals surface area contributed by atoms with Gasteiger partial charge < -0.3 is 45.0 Å². The molecule has 14 nitrogen and oxygen atoms in total. The molecule has 0 aliphatic heterocycles. The Morgan fingerprint density at radius 2 is 1.13 bits per heavy atom. The van der Waals surface area contributed by atoms with Crippen molar-refractivity contribution >= 4 is 19.8 Å². The predicted octanol–water partition coefficient (Wildman–Crippen LogP) is 7.47. The molecule has 1 aliphatic rings. The van der Waals surface area contributed by atoms with Crippen molar-refractivity contribution in [1.29, 1.82) is 0 Å². The molecular weight excluding hydrogens is 819 g/mol. The van der Waals surface area contributed by atoms with E-state index >= 15 is 0 Å². The summed E-state index contributed by atoms with van der Waals surface area (Å²) in [5.74, 6) is -1.22. The van der Waals surface area contributed by atoms with Crippen LogP contribution in [0.3, 0.4) is 0 Å². The van der Waals surface area contributed by atoms with Crippen LogP contribution >= 0.6 is 7.82 Å². The van der Waals surface area contributed by atoms with Crippen LogP contribution in [-0.4, -0.2) is 110 Å². The highest BCUT2D eigenvalue weighted by atomic mass is 31.2. The molecule has 9 atom stereocenters. The summed E-state index contributed by atoms with van der Waals surface area (Å²) in [6, 6.07) is 0. The molecule has 0 spiro atoms. The van der Waals surface area contributed by atoms with Gasteiger partial charge in [0.1, 0.15) is 43.2 Å². The second-order valence-corrected chi connectivity index (χ2v) is 16.8. The number of ether oxygens (including phenoxy) is 2. The van der Waals surface area contributed by atoms with Crippen LogP contribution in [0.1, 0.15) is 136 Å². The largest absolute Gasteiger partial charge is 0.472 e. The summed E-state index contributed by atoms with van der Waals surface area (Å²) in [7, 11) is -5.15. The number of hydrogen-bond acceptors (Lipinski definition) is 13. The normalized spacial score (nSPS) is 23.2. The minimum atomic E-state index is -5.15. The average Bonchev–Trinajstić information content (AvgIpc) is 3.25. The molecule has 0 aromatic heterocycles. The molecule has 0 bridgehead atoms. The third kappa shape index (κ3) is 28.6. The minimum Gasteiger partial charge on any atom is -0.462 e. The van der Waals surface area contributed by atoms with Gasteiger partial charge in [-0.25, -0.2) is 4.57 Å². The second-order valence-electron chi connectivity index (χ2n) is 15.4. The van der Waals surface area contributed by atoms with E-state index in [4.69, 9.17) is 18.5 Å². The molecule has 354 valence electrons. The van der Waals surface area contributed by atoms with E-state index in [1.165, 1.54) is 0 Å². The quantitative estimate of drug-likeness (QED) is 0.0108. The Hall–Kier alpha value is -3.01. The number of aliphatic hydroxyl groups excluding tert-OH is 6. The molecule has 1 aliphatic carbocycles. The van der Waals surface area contributed by atoms with Gasteiger partial charge in [0.15, 0.2) is 6.10 Å². The zero-order chi connectivity index (χ0) is 45.9. The Balaban J connectivity index is 2.56.